The molecule has 4 aliphatic carbocycles. The third kappa shape index (κ3) is 15.8. The topological polar surface area (TPSA) is 156 Å². The SMILES string of the molecule is Br.C.C.Cc1ccc(S(=O)(=O)N2C3CCCC32)cc1.Cc1ccc(S(=O)(=O)N[C@@H]2CCC[C@H]2F)cc1.ClCCl.N[C@@H]1CCC[C@H]1F.N[C@@H]1CCC[C@H]1O. The van der Waals surface area contributed by atoms with E-state index in [0.717, 1.165) is 62.5 Å². The molecule has 0 bridgehead atoms. The Bertz CT molecular complexity index is 1490. The number of nitrogens with two attached hydrogens (primary N) is 2. The minimum Gasteiger partial charge on any atom is -0.392 e. The van der Waals surface area contributed by atoms with Gasteiger partial charge in [0.25, 0.3) is 0 Å². The van der Waals surface area contributed by atoms with Crippen LogP contribution in [0.2, 0.25) is 0 Å². The summed E-state index contributed by atoms with van der Waals surface area (Å²) in [5, 5.41) is 9.07. The van der Waals surface area contributed by atoms with Gasteiger partial charge in [0.15, 0.2) is 0 Å². The maximum atomic E-state index is 13.4. The van der Waals surface area contributed by atoms with Gasteiger partial charge in [0.2, 0.25) is 20.0 Å². The first-order valence-electron chi connectivity index (χ1n) is 17.4. The quantitative estimate of drug-likeness (QED) is 0.175. The molecule has 1 heterocycles. The molecule has 7 rings (SSSR count). The molecule has 9 nitrogen and oxygen atoms in total. The molecule has 0 aromatic heterocycles. The molecule has 53 heavy (non-hydrogen) atoms. The van der Waals surface area contributed by atoms with Gasteiger partial charge >= 0.3 is 0 Å². The van der Waals surface area contributed by atoms with Crippen LogP contribution in [0, 0.1) is 13.8 Å². The molecule has 0 spiro atoms. The van der Waals surface area contributed by atoms with Gasteiger partial charge in [0.05, 0.1) is 27.3 Å². The molecule has 5 fully saturated rings. The lowest BCUT2D eigenvalue weighted by Crippen LogP contribution is -2.38. The number of nitrogens with zero attached hydrogens (tertiary/aromatic N) is 1. The number of aryl methyl sites for hydroxylation is 2. The Morgan fingerprint density at radius 1 is 0.698 bits per heavy atom. The number of alkyl halides is 4. The zero-order valence-corrected chi connectivity index (χ0v) is 34.2. The van der Waals surface area contributed by atoms with E-state index in [1.807, 2.05) is 26.0 Å². The van der Waals surface area contributed by atoms with E-state index in [1.54, 1.807) is 40.7 Å². The van der Waals surface area contributed by atoms with Gasteiger partial charge in [-0.1, -0.05) is 56.7 Å². The third-order valence-corrected chi connectivity index (χ3v) is 13.2. The monoisotopic (exact) mass is 894 g/mol. The van der Waals surface area contributed by atoms with Gasteiger partial charge in [-0.05, 0) is 109 Å². The lowest BCUT2D eigenvalue weighted by Gasteiger charge is -2.15. The van der Waals surface area contributed by atoms with Crippen molar-refractivity contribution in [3.05, 3.63) is 59.7 Å². The Morgan fingerprint density at radius 3 is 1.45 bits per heavy atom. The second-order valence-electron chi connectivity index (χ2n) is 13.6. The van der Waals surface area contributed by atoms with Crippen LogP contribution in [0.25, 0.3) is 0 Å². The number of sulfonamides is 2. The number of nitrogens with one attached hydrogen (secondary N) is 1. The number of halogens is 5. The van der Waals surface area contributed by atoms with E-state index in [1.165, 1.54) is 6.42 Å². The molecular formula is C37H63BrCl2F2N4O5S2. The molecule has 1 aliphatic heterocycles. The van der Waals surface area contributed by atoms with Gasteiger partial charge in [-0.25, -0.2) is 30.3 Å². The van der Waals surface area contributed by atoms with Crippen molar-refractivity contribution in [1.82, 2.24) is 9.03 Å². The molecule has 308 valence electrons. The molecule has 2 unspecified atom stereocenters. The first kappa shape index (κ1) is 52.1. The number of fused-ring (bicyclic) bond motifs is 1. The zero-order chi connectivity index (χ0) is 37.1. The van der Waals surface area contributed by atoms with Crippen LogP contribution >= 0.6 is 40.2 Å². The molecule has 5 aliphatic rings. The van der Waals surface area contributed by atoms with Gasteiger partial charge in [-0.2, -0.15) is 4.31 Å². The Morgan fingerprint density at radius 2 is 1.11 bits per heavy atom. The summed E-state index contributed by atoms with van der Waals surface area (Å²) in [5.74, 6) is 0. The van der Waals surface area contributed by atoms with Crippen LogP contribution in [0.1, 0.15) is 103 Å². The number of benzene rings is 2. The number of aliphatic hydroxyl groups excluding tert-OH is 1. The molecule has 4 saturated carbocycles. The number of piperidine rings is 1. The Hall–Kier alpha value is -0.940. The largest absolute Gasteiger partial charge is 0.392 e. The van der Waals surface area contributed by atoms with E-state index in [2.05, 4.69) is 4.72 Å². The second-order valence-corrected chi connectivity index (χ2v) is 17.9. The van der Waals surface area contributed by atoms with Crippen molar-refractivity contribution in [2.75, 3.05) is 5.34 Å². The van der Waals surface area contributed by atoms with Crippen LogP contribution in [0.15, 0.2) is 58.3 Å². The normalized spacial score (nSPS) is 29.3. The van der Waals surface area contributed by atoms with Crippen molar-refractivity contribution in [2.24, 2.45) is 11.5 Å². The van der Waals surface area contributed by atoms with Crippen LogP contribution in [-0.4, -0.2) is 80.2 Å². The Balaban J connectivity index is 0.000000692. The van der Waals surface area contributed by atoms with E-state index in [9.17, 15) is 25.6 Å². The molecular weight excluding hydrogens is 833 g/mol. The minimum atomic E-state index is -3.58. The average molecular weight is 897 g/mol. The van der Waals surface area contributed by atoms with Crippen molar-refractivity contribution in [2.45, 2.75) is 164 Å². The predicted molar refractivity (Wildman–Crippen MR) is 221 cm³/mol. The highest BCUT2D eigenvalue weighted by Gasteiger charge is 2.57. The van der Waals surface area contributed by atoms with E-state index in [-0.39, 0.29) is 60.3 Å². The van der Waals surface area contributed by atoms with E-state index < -0.39 is 38.4 Å². The second kappa shape index (κ2) is 24.6. The smallest absolute Gasteiger partial charge is 0.243 e. The van der Waals surface area contributed by atoms with Crippen LogP contribution in [-0.2, 0) is 20.0 Å². The Labute approximate surface area is 338 Å². The molecule has 6 N–H and O–H groups in total. The van der Waals surface area contributed by atoms with Crippen LogP contribution in [0.5, 0.6) is 0 Å². The van der Waals surface area contributed by atoms with E-state index in [4.69, 9.17) is 39.8 Å². The predicted octanol–water partition coefficient (Wildman–Crippen LogP) is 8.05. The van der Waals surface area contributed by atoms with Crippen LogP contribution in [0.4, 0.5) is 8.78 Å². The molecule has 8 atom stereocenters. The fourth-order valence-electron chi connectivity index (χ4n) is 6.62. The fourth-order valence-corrected chi connectivity index (χ4v) is 9.79. The fraction of sp³-hybridized carbons (Fsp3) is 0.676. The van der Waals surface area contributed by atoms with Crippen LogP contribution in [0.3, 0.4) is 0 Å². The highest BCUT2D eigenvalue weighted by molar-refractivity contribution is 8.93. The minimum absolute atomic E-state index is 0. The molecule has 16 heteroatoms. The summed E-state index contributed by atoms with van der Waals surface area (Å²) in [5.41, 5.74) is 12.8. The van der Waals surface area contributed by atoms with Gasteiger partial charge in [-0.15, -0.1) is 40.2 Å². The van der Waals surface area contributed by atoms with E-state index in [0.29, 0.717) is 36.2 Å². The first-order valence-corrected chi connectivity index (χ1v) is 21.4. The van der Waals surface area contributed by atoms with Crippen molar-refractivity contribution >= 4 is 60.2 Å². The van der Waals surface area contributed by atoms with Gasteiger partial charge in [-0.3, -0.25) is 0 Å². The lowest BCUT2D eigenvalue weighted by atomic mass is 10.2. The van der Waals surface area contributed by atoms with Gasteiger partial charge in [0, 0.05) is 24.2 Å². The number of hydrogen-bond acceptors (Lipinski definition) is 7. The summed E-state index contributed by atoms with van der Waals surface area (Å²) in [6.07, 6.45) is 8.57. The summed E-state index contributed by atoms with van der Waals surface area (Å²) < 4.78 is 78.1. The number of aliphatic hydroxyl groups is 1. The van der Waals surface area contributed by atoms with Gasteiger partial charge in [0.1, 0.15) is 12.3 Å². The van der Waals surface area contributed by atoms with Crippen molar-refractivity contribution < 1.29 is 30.7 Å². The van der Waals surface area contributed by atoms with Gasteiger partial charge < -0.3 is 16.6 Å². The van der Waals surface area contributed by atoms with Crippen molar-refractivity contribution in [3.63, 3.8) is 0 Å². The molecule has 1 saturated heterocycles. The number of rotatable bonds is 5. The van der Waals surface area contributed by atoms with E-state index >= 15 is 0 Å². The standard InChI is InChI=1S/C12H16FNO2S.C12H15NO2S.C5H10FN.C5H11NO.CH2Cl2.2CH4.BrH/c1-9-5-7-10(8-6-9)17(15,16)14-12-4-2-3-11(12)13;1-9-5-7-10(8-6-9)16(14,15)13-11-3-2-4-12(11)13;2*6-4-2-1-3-5(4)7;2-1-3;;;/h5-8,11-12,14H,2-4H2,1H3;5-8,11-12H,2-4H2,1H3;4-5H,1-3,7H2;4-5,7H,1-3,6H2;1H2;2*1H4;1H/t11-,12-;;2*4-,5-;;;;/m1.11..../s1. The molecule has 0 radical (unpaired) electrons. The molecule has 2 aromatic carbocycles. The average Bonchev–Trinajstić information content (AvgIpc) is 3.55. The summed E-state index contributed by atoms with van der Waals surface area (Å²) in [6.45, 7) is 3.85. The third-order valence-electron chi connectivity index (χ3n) is 9.69. The molecule has 2 aromatic rings. The Kier molecular flexibility index (Phi) is 24.2. The van der Waals surface area contributed by atoms with Crippen LogP contribution < -0.4 is 16.2 Å². The van der Waals surface area contributed by atoms with Crippen molar-refractivity contribution in [1.29, 1.82) is 0 Å². The summed E-state index contributed by atoms with van der Waals surface area (Å²) in [7, 11) is -6.79. The maximum absolute atomic E-state index is 13.4. The summed E-state index contributed by atoms with van der Waals surface area (Å²) in [6, 6.07) is 13.6. The highest BCUT2D eigenvalue weighted by Crippen LogP contribution is 2.46. The van der Waals surface area contributed by atoms with Crippen molar-refractivity contribution in [3.8, 4) is 0 Å². The zero-order valence-electron chi connectivity index (χ0n) is 29.3. The highest BCUT2D eigenvalue weighted by atomic mass is 79.9. The maximum Gasteiger partial charge on any atom is 0.243 e. The summed E-state index contributed by atoms with van der Waals surface area (Å²) in [4.78, 5) is 0.634. The first-order chi connectivity index (χ1) is 23.6. The molecule has 0 amide bonds. The summed E-state index contributed by atoms with van der Waals surface area (Å²) >= 11 is 9.53. The number of hydrogen-bond donors (Lipinski definition) is 4. The lowest BCUT2D eigenvalue weighted by molar-refractivity contribution is 0.165.